The van der Waals surface area contributed by atoms with Crippen molar-refractivity contribution >= 4 is 22.5 Å². The molecule has 0 spiro atoms. The van der Waals surface area contributed by atoms with Crippen LogP contribution in [0.1, 0.15) is 5.69 Å². The predicted molar refractivity (Wildman–Crippen MR) is 57.5 cm³/mol. The molecule has 0 aliphatic rings. The first-order valence-electron chi connectivity index (χ1n) is 4.31. The molecule has 14 heavy (non-hydrogen) atoms. The molecule has 0 bridgehead atoms. The molecule has 0 atom stereocenters. The highest BCUT2D eigenvalue weighted by atomic mass is 35.5. The van der Waals surface area contributed by atoms with Gasteiger partial charge in [-0.25, -0.2) is 0 Å². The molecule has 2 rings (SSSR count). The largest absolute Gasteiger partial charge is 0.506 e. The molecule has 1 aromatic heterocycles. The van der Waals surface area contributed by atoms with Gasteiger partial charge in [-0.2, -0.15) is 0 Å². The second-order valence-electron chi connectivity index (χ2n) is 3.23. The molecule has 0 saturated carbocycles. The van der Waals surface area contributed by atoms with Crippen LogP contribution in [0.5, 0.6) is 5.75 Å². The molecule has 74 valence electrons. The third-order valence-electron chi connectivity index (χ3n) is 2.46. The Hall–Kier alpha value is -1.19. The molecule has 3 N–H and O–H groups in total. The maximum Gasteiger partial charge on any atom is 0.143 e. The number of halogens is 1. The standard InChI is InChI=1S/C10H11ClN2O/c1-13-6(5-12)4-7-9(13)3-2-8(11)10(7)14/h2-4,14H,5,12H2,1H3. The van der Waals surface area contributed by atoms with E-state index in [1.807, 2.05) is 23.7 Å². The highest BCUT2D eigenvalue weighted by Gasteiger charge is 2.10. The summed E-state index contributed by atoms with van der Waals surface area (Å²) in [5.41, 5.74) is 7.47. The smallest absolute Gasteiger partial charge is 0.143 e. The van der Waals surface area contributed by atoms with E-state index in [-0.39, 0.29) is 5.75 Å². The van der Waals surface area contributed by atoms with Crippen molar-refractivity contribution in [1.82, 2.24) is 4.57 Å². The van der Waals surface area contributed by atoms with Gasteiger partial charge in [-0.05, 0) is 18.2 Å². The highest BCUT2D eigenvalue weighted by molar-refractivity contribution is 6.33. The molecule has 0 saturated heterocycles. The second kappa shape index (κ2) is 3.19. The number of aryl methyl sites for hydroxylation is 1. The van der Waals surface area contributed by atoms with Crippen LogP contribution >= 0.6 is 11.6 Å². The number of rotatable bonds is 1. The van der Waals surface area contributed by atoms with Gasteiger partial charge in [0.2, 0.25) is 0 Å². The summed E-state index contributed by atoms with van der Waals surface area (Å²) in [5, 5.41) is 10.8. The molecule has 1 aromatic carbocycles. The van der Waals surface area contributed by atoms with Crippen LogP contribution in [-0.4, -0.2) is 9.67 Å². The van der Waals surface area contributed by atoms with E-state index in [4.69, 9.17) is 17.3 Å². The summed E-state index contributed by atoms with van der Waals surface area (Å²) in [6.07, 6.45) is 0. The van der Waals surface area contributed by atoms with Crippen molar-refractivity contribution in [1.29, 1.82) is 0 Å². The third kappa shape index (κ3) is 1.17. The van der Waals surface area contributed by atoms with Gasteiger partial charge in [0.1, 0.15) is 5.75 Å². The molecule has 1 heterocycles. The van der Waals surface area contributed by atoms with Crippen LogP contribution in [0, 0.1) is 0 Å². The van der Waals surface area contributed by atoms with Crippen molar-refractivity contribution in [3.63, 3.8) is 0 Å². The zero-order chi connectivity index (χ0) is 10.3. The van der Waals surface area contributed by atoms with Crippen LogP contribution in [0.3, 0.4) is 0 Å². The van der Waals surface area contributed by atoms with Gasteiger partial charge >= 0.3 is 0 Å². The van der Waals surface area contributed by atoms with E-state index in [1.165, 1.54) is 0 Å². The summed E-state index contributed by atoms with van der Waals surface area (Å²) in [7, 11) is 1.91. The van der Waals surface area contributed by atoms with Gasteiger partial charge in [0, 0.05) is 24.7 Å². The Kier molecular flexibility index (Phi) is 2.13. The fourth-order valence-corrected chi connectivity index (χ4v) is 1.78. The maximum absolute atomic E-state index is 9.71. The number of phenolic OH excluding ortho intramolecular Hbond substituents is 1. The molecule has 4 heteroatoms. The number of benzene rings is 1. The number of phenols is 1. The van der Waals surface area contributed by atoms with Crippen molar-refractivity contribution < 1.29 is 5.11 Å². The Balaban J connectivity index is 2.85. The lowest BCUT2D eigenvalue weighted by Gasteiger charge is -2.01. The quantitative estimate of drug-likeness (QED) is 0.757. The zero-order valence-corrected chi connectivity index (χ0v) is 8.54. The van der Waals surface area contributed by atoms with Crippen LogP contribution in [0.25, 0.3) is 10.9 Å². The fourth-order valence-electron chi connectivity index (χ4n) is 1.62. The summed E-state index contributed by atoms with van der Waals surface area (Å²) in [5.74, 6) is 0.125. The minimum absolute atomic E-state index is 0.125. The summed E-state index contributed by atoms with van der Waals surface area (Å²) in [4.78, 5) is 0. The Bertz CT molecular complexity index is 490. The van der Waals surface area contributed by atoms with E-state index >= 15 is 0 Å². The molecule has 0 radical (unpaired) electrons. The predicted octanol–water partition coefficient (Wildman–Crippen LogP) is 2.00. The summed E-state index contributed by atoms with van der Waals surface area (Å²) in [6.45, 7) is 0.447. The van der Waals surface area contributed by atoms with Crippen molar-refractivity contribution in [2.45, 2.75) is 6.54 Å². The average Bonchev–Trinajstić information content (AvgIpc) is 2.50. The van der Waals surface area contributed by atoms with Crippen LogP contribution in [0.2, 0.25) is 5.02 Å². The Labute approximate surface area is 86.7 Å². The van der Waals surface area contributed by atoms with Crippen molar-refractivity contribution in [2.24, 2.45) is 12.8 Å². The van der Waals surface area contributed by atoms with Gasteiger partial charge in [0.25, 0.3) is 0 Å². The number of fused-ring (bicyclic) bond motifs is 1. The normalized spacial score (nSPS) is 11.1. The maximum atomic E-state index is 9.71. The number of nitrogens with two attached hydrogens (primary N) is 1. The molecule has 2 aromatic rings. The lowest BCUT2D eigenvalue weighted by atomic mass is 10.2. The van der Waals surface area contributed by atoms with Gasteiger partial charge < -0.3 is 15.4 Å². The van der Waals surface area contributed by atoms with Gasteiger partial charge in [0.15, 0.2) is 0 Å². The molecular weight excluding hydrogens is 200 g/mol. The number of hydrogen-bond acceptors (Lipinski definition) is 2. The molecule has 0 amide bonds. The topological polar surface area (TPSA) is 51.2 Å². The Morgan fingerprint density at radius 3 is 2.86 bits per heavy atom. The minimum Gasteiger partial charge on any atom is -0.506 e. The summed E-state index contributed by atoms with van der Waals surface area (Å²) >= 11 is 5.80. The van der Waals surface area contributed by atoms with Crippen LogP contribution in [0.15, 0.2) is 18.2 Å². The molecule has 0 unspecified atom stereocenters. The average molecular weight is 211 g/mol. The second-order valence-corrected chi connectivity index (χ2v) is 3.63. The Morgan fingerprint density at radius 2 is 2.21 bits per heavy atom. The van der Waals surface area contributed by atoms with E-state index in [1.54, 1.807) is 6.07 Å². The SMILES string of the molecule is Cn1c(CN)cc2c(O)c(Cl)ccc21. The van der Waals surface area contributed by atoms with E-state index in [0.717, 1.165) is 16.6 Å². The molecule has 0 fully saturated rings. The number of hydrogen-bond donors (Lipinski definition) is 2. The summed E-state index contributed by atoms with van der Waals surface area (Å²) in [6, 6.07) is 5.41. The van der Waals surface area contributed by atoms with Crippen molar-refractivity contribution in [3.8, 4) is 5.75 Å². The minimum atomic E-state index is 0.125. The van der Waals surface area contributed by atoms with Gasteiger partial charge in [-0.1, -0.05) is 11.6 Å². The molecular formula is C10H11ClN2O. The van der Waals surface area contributed by atoms with E-state index in [0.29, 0.717) is 11.6 Å². The van der Waals surface area contributed by atoms with Crippen molar-refractivity contribution in [2.75, 3.05) is 0 Å². The van der Waals surface area contributed by atoms with Gasteiger partial charge in [-0.3, -0.25) is 0 Å². The molecule has 0 aliphatic carbocycles. The van der Waals surface area contributed by atoms with Crippen LogP contribution < -0.4 is 5.73 Å². The number of nitrogens with zero attached hydrogens (tertiary/aromatic N) is 1. The van der Waals surface area contributed by atoms with E-state index < -0.39 is 0 Å². The number of aromatic nitrogens is 1. The third-order valence-corrected chi connectivity index (χ3v) is 2.76. The fraction of sp³-hybridized carbons (Fsp3) is 0.200. The van der Waals surface area contributed by atoms with Crippen LogP contribution in [0.4, 0.5) is 0 Å². The summed E-state index contributed by atoms with van der Waals surface area (Å²) < 4.78 is 1.95. The van der Waals surface area contributed by atoms with Gasteiger partial charge in [0.05, 0.1) is 10.5 Å². The zero-order valence-electron chi connectivity index (χ0n) is 7.79. The van der Waals surface area contributed by atoms with Gasteiger partial charge in [-0.15, -0.1) is 0 Å². The number of aromatic hydroxyl groups is 1. The highest BCUT2D eigenvalue weighted by Crippen LogP contribution is 2.33. The first-order chi connectivity index (χ1) is 6.65. The van der Waals surface area contributed by atoms with E-state index in [2.05, 4.69) is 0 Å². The first kappa shape index (κ1) is 9.37. The van der Waals surface area contributed by atoms with Crippen molar-refractivity contribution in [3.05, 3.63) is 28.9 Å². The van der Waals surface area contributed by atoms with Crippen LogP contribution in [-0.2, 0) is 13.6 Å². The monoisotopic (exact) mass is 210 g/mol. The molecule has 0 aliphatic heterocycles. The lowest BCUT2D eigenvalue weighted by molar-refractivity contribution is 0.482. The lowest BCUT2D eigenvalue weighted by Crippen LogP contribution is -2.02. The van der Waals surface area contributed by atoms with E-state index in [9.17, 15) is 5.11 Å². The first-order valence-corrected chi connectivity index (χ1v) is 4.68. The Morgan fingerprint density at radius 1 is 1.50 bits per heavy atom. The molecule has 3 nitrogen and oxygen atoms in total.